The molecule has 0 radical (unpaired) electrons. The summed E-state index contributed by atoms with van der Waals surface area (Å²) in [5, 5.41) is 0. The lowest BCUT2D eigenvalue weighted by Gasteiger charge is -2.35. The van der Waals surface area contributed by atoms with Gasteiger partial charge in [-0.3, -0.25) is 4.79 Å². The summed E-state index contributed by atoms with van der Waals surface area (Å²) < 4.78 is 33.7. The van der Waals surface area contributed by atoms with Gasteiger partial charge < -0.3 is 9.64 Å². The molecule has 2 heterocycles. The molecule has 1 fully saturated rings. The SMILES string of the molecule is C=C1CCN([C@@H](CC(C)C)C(=O)N2CCOCC2)S(=O)(=O)c2ccccc21. The average molecular weight is 393 g/mol. The normalized spacial score (nSPS) is 21.6. The molecule has 7 heteroatoms. The first-order valence-electron chi connectivity index (χ1n) is 9.48. The number of hydrogen-bond acceptors (Lipinski definition) is 4. The number of rotatable bonds is 4. The van der Waals surface area contributed by atoms with Crippen LogP contribution >= 0.6 is 0 Å². The highest BCUT2D eigenvalue weighted by molar-refractivity contribution is 7.89. The Balaban J connectivity index is 2.01. The van der Waals surface area contributed by atoms with Gasteiger partial charge >= 0.3 is 0 Å². The number of sulfonamides is 1. The minimum atomic E-state index is -3.79. The van der Waals surface area contributed by atoms with Crippen LogP contribution in [0.2, 0.25) is 0 Å². The number of hydrogen-bond donors (Lipinski definition) is 0. The Morgan fingerprint density at radius 3 is 2.52 bits per heavy atom. The first kappa shape index (κ1) is 20.0. The highest BCUT2D eigenvalue weighted by Crippen LogP contribution is 2.34. The molecule has 1 saturated heterocycles. The summed E-state index contributed by atoms with van der Waals surface area (Å²) in [6, 6.07) is 6.24. The third-order valence-electron chi connectivity index (χ3n) is 5.14. The molecule has 148 valence electrons. The Kier molecular flexibility index (Phi) is 6.03. The van der Waals surface area contributed by atoms with Crippen molar-refractivity contribution in [3.05, 3.63) is 36.4 Å². The van der Waals surface area contributed by atoms with Crippen molar-refractivity contribution in [1.29, 1.82) is 0 Å². The molecule has 0 N–H and O–H groups in total. The van der Waals surface area contributed by atoms with Gasteiger partial charge in [0, 0.05) is 19.6 Å². The lowest BCUT2D eigenvalue weighted by molar-refractivity contribution is -0.140. The van der Waals surface area contributed by atoms with Gasteiger partial charge in [-0.1, -0.05) is 38.6 Å². The van der Waals surface area contributed by atoms with Crippen molar-refractivity contribution in [3.8, 4) is 0 Å². The van der Waals surface area contributed by atoms with Crippen LogP contribution in [-0.4, -0.2) is 62.4 Å². The number of amides is 1. The van der Waals surface area contributed by atoms with E-state index in [1.54, 1.807) is 23.1 Å². The fraction of sp³-hybridized carbons (Fsp3) is 0.550. The van der Waals surface area contributed by atoms with Crippen LogP contribution in [0.25, 0.3) is 5.57 Å². The summed E-state index contributed by atoms with van der Waals surface area (Å²) in [6.45, 7) is 10.4. The largest absolute Gasteiger partial charge is 0.378 e. The van der Waals surface area contributed by atoms with Crippen LogP contribution < -0.4 is 0 Å². The van der Waals surface area contributed by atoms with Crippen LogP contribution in [0.15, 0.2) is 35.7 Å². The average Bonchev–Trinajstić information content (AvgIpc) is 2.75. The second-order valence-electron chi connectivity index (χ2n) is 7.55. The Morgan fingerprint density at radius 2 is 1.85 bits per heavy atom. The van der Waals surface area contributed by atoms with Crippen molar-refractivity contribution in [2.75, 3.05) is 32.8 Å². The zero-order valence-electron chi connectivity index (χ0n) is 16.1. The van der Waals surface area contributed by atoms with Gasteiger partial charge in [0.15, 0.2) is 0 Å². The first-order valence-corrected chi connectivity index (χ1v) is 10.9. The molecule has 0 saturated carbocycles. The number of carbonyl (C=O) groups is 1. The fourth-order valence-electron chi connectivity index (χ4n) is 3.72. The quantitative estimate of drug-likeness (QED) is 0.789. The predicted molar refractivity (Wildman–Crippen MR) is 105 cm³/mol. The zero-order chi connectivity index (χ0) is 19.6. The van der Waals surface area contributed by atoms with Crippen molar-refractivity contribution in [1.82, 2.24) is 9.21 Å². The summed E-state index contributed by atoms with van der Waals surface area (Å²) in [5.74, 6) is 0.0671. The van der Waals surface area contributed by atoms with Gasteiger partial charge in [0.25, 0.3) is 0 Å². The molecular weight excluding hydrogens is 364 g/mol. The molecule has 0 aromatic heterocycles. The third kappa shape index (κ3) is 4.10. The second-order valence-corrected chi connectivity index (χ2v) is 9.41. The van der Waals surface area contributed by atoms with E-state index in [1.807, 2.05) is 19.9 Å². The smallest absolute Gasteiger partial charge is 0.244 e. The lowest BCUT2D eigenvalue weighted by atomic mass is 10.0. The standard InChI is InChI=1S/C20H28N2O4S/c1-15(2)14-18(20(23)21-10-12-26-13-11-21)22-9-8-16(3)17-6-4-5-7-19(17)27(22,24)25/h4-7,15,18H,3,8-14H2,1-2H3/t18-/m0/s1. The number of morpholine rings is 1. The minimum absolute atomic E-state index is 0.124. The minimum Gasteiger partial charge on any atom is -0.378 e. The second kappa shape index (κ2) is 8.12. The van der Waals surface area contributed by atoms with Gasteiger partial charge in [-0.15, -0.1) is 0 Å². The van der Waals surface area contributed by atoms with Crippen molar-refractivity contribution in [3.63, 3.8) is 0 Å². The maximum absolute atomic E-state index is 13.5. The number of benzene rings is 1. The maximum Gasteiger partial charge on any atom is 0.244 e. The summed E-state index contributed by atoms with van der Waals surface area (Å²) in [5.41, 5.74) is 1.45. The van der Waals surface area contributed by atoms with E-state index in [-0.39, 0.29) is 23.3 Å². The zero-order valence-corrected chi connectivity index (χ0v) is 16.9. The van der Waals surface area contributed by atoms with Crippen LogP contribution in [-0.2, 0) is 19.6 Å². The van der Waals surface area contributed by atoms with Crippen LogP contribution in [0, 0.1) is 5.92 Å². The first-order chi connectivity index (χ1) is 12.8. The highest BCUT2D eigenvalue weighted by atomic mass is 32.2. The molecule has 0 bridgehead atoms. The Bertz CT molecular complexity index is 813. The van der Waals surface area contributed by atoms with E-state index in [1.165, 1.54) is 4.31 Å². The monoisotopic (exact) mass is 392 g/mol. The molecule has 6 nitrogen and oxygen atoms in total. The van der Waals surface area contributed by atoms with Crippen molar-refractivity contribution < 1.29 is 17.9 Å². The van der Waals surface area contributed by atoms with Crippen LogP contribution in [0.4, 0.5) is 0 Å². The fourth-order valence-corrected chi connectivity index (χ4v) is 5.55. The van der Waals surface area contributed by atoms with E-state index < -0.39 is 16.1 Å². The summed E-state index contributed by atoms with van der Waals surface area (Å²) in [6.07, 6.45) is 1.01. The molecule has 2 aliphatic rings. The summed E-state index contributed by atoms with van der Waals surface area (Å²) in [4.78, 5) is 15.2. The molecule has 1 amide bonds. The van der Waals surface area contributed by atoms with Crippen molar-refractivity contribution in [2.24, 2.45) is 5.92 Å². The van der Waals surface area contributed by atoms with Crippen LogP contribution in [0.1, 0.15) is 32.3 Å². The highest BCUT2D eigenvalue weighted by Gasteiger charge is 2.40. The van der Waals surface area contributed by atoms with Gasteiger partial charge in [-0.2, -0.15) is 4.31 Å². The predicted octanol–water partition coefficient (Wildman–Crippen LogP) is 2.37. The molecule has 3 rings (SSSR count). The Labute approximate surface area is 161 Å². The van der Waals surface area contributed by atoms with Crippen molar-refractivity contribution >= 4 is 21.5 Å². The van der Waals surface area contributed by atoms with Gasteiger partial charge in [0.05, 0.1) is 18.1 Å². The summed E-state index contributed by atoms with van der Waals surface area (Å²) >= 11 is 0. The number of ether oxygens (including phenoxy) is 1. The topological polar surface area (TPSA) is 66.9 Å². The summed E-state index contributed by atoms with van der Waals surface area (Å²) in [7, 11) is -3.79. The Hall–Kier alpha value is -1.70. The van der Waals surface area contributed by atoms with Crippen molar-refractivity contribution in [2.45, 2.75) is 37.6 Å². The number of carbonyl (C=O) groups excluding carboxylic acids is 1. The molecule has 0 aliphatic carbocycles. The third-order valence-corrected chi connectivity index (χ3v) is 7.10. The molecule has 0 unspecified atom stereocenters. The molecule has 1 aromatic rings. The van der Waals surface area contributed by atoms with E-state index in [0.29, 0.717) is 44.7 Å². The number of fused-ring (bicyclic) bond motifs is 1. The van der Waals surface area contributed by atoms with E-state index in [0.717, 1.165) is 5.57 Å². The van der Waals surface area contributed by atoms with E-state index in [2.05, 4.69) is 6.58 Å². The molecule has 27 heavy (non-hydrogen) atoms. The van der Waals surface area contributed by atoms with Gasteiger partial charge in [0.1, 0.15) is 6.04 Å². The molecule has 1 aromatic carbocycles. The van der Waals surface area contributed by atoms with Crippen LogP contribution in [0.3, 0.4) is 0 Å². The maximum atomic E-state index is 13.5. The molecule has 0 spiro atoms. The molecule has 1 atom stereocenters. The van der Waals surface area contributed by atoms with E-state index in [4.69, 9.17) is 4.74 Å². The van der Waals surface area contributed by atoms with Gasteiger partial charge in [-0.05, 0) is 36.0 Å². The Morgan fingerprint density at radius 1 is 1.19 bits per heavy atom. The lowest BCUT2D eigenvalue weighted by Crippen LogP contribution is -2.53. The van der Waals surface area contributed by atoms with Gasteiger partial charge in [0.2, 0.25) is 15.9 Å². The van der Waals surface area contributed by atoms with E-state index in [9.17, 15) is 13.2 Å². The molecular formula is C20H28N2O4S. The van der Waals surface area contributed by atoms with Crippen LogP contribution in [0.5, 0.6) is 0 Å². The molecule has 2 aliphatic heterocycles. The number of nitrogens with zero attached hydrogens (tertiary/aromatic N) is 2. The van der Waals surface area contributed by atoms with Gasteiger partial charge in [-0.25, -0.2) is 8.42 Å². The van der Waals surface area contributed by atoms with E-state index >= 15 is 0 Å².